The molecule has 0 aliphatic carbocycles. The van der Waals surface area contributed by atoms with Crippen molar-refractivity contribution in [1.29, 1.82) is 5.26 Å². The van der Waals surface area contributed by atoms with E-state index < -0.39 is 0 Å². The normalized spacial score (nSPS) is 15.1. The third-order valence-corrected chi connectivity index (χ3v) is 4.43. The Morgan fingerprint density at radius 1 is 1.32 bits per heavy atom. The fourth-order valence-corrected chi connectivity index (χ4v) is 3.31. The number of rotatable bonds is 3. The molecule has 1 fully saturated rings. The Bertz CT molecular complexity index is 754. The van der Waals surface area contributed by atoms with Crippen LogP contribution in [0.15, 0.2) is 39.2 Å². The van der Waals surface area contributed by atoms with Crippen molar-refractivity contribution in [2.75, 3.05) is 18.0 Å². The van der Waals surface area contributed by atoms with Gasteiger partial charge in [0.2, 0.25) is 5.88 Å². The van der Waals surface area contributed by atoms with Gasteiger partial charge in [0.05, 0.1) is 16.1 Å². The van der Waals surface area contributed by atoms with Crippen LogP contribution in [-0.2, 0) is 0 Å². The lowest BCUT2D eigenvalue weighted by Gasteiger charge is -2.13. The molecule has 2 aromatic rings. The minimum Gasteiger partial charge on any atom is -0.440 e. The number of hydrogen-bond donors (Lipinski definition) is 0. The van der Waals surface area contributed by atoms with Crippen LogP contribution in [0, 0.1) is 11.3 Å². The van der Waals surface area contributed by atoms with Gasteiger partial charge in [-0.3, -0.25) is 0 Å². The van der Waals surface area contributed by atoms with Crippen LogP contribution < -0.4 is 4.90 Å². The number of hydrogen-bond acceptors (Lipinski definition) is 3. The van der Waals surface area contributed by atoms with E-state index in [2.05, 4.69) is 26.9 Å². The predicted octanol–water partition coefficient (Wildman–Crippen LogP) is 5.36. The number of halogens is 2. The van der Waals surface area contributed by atoms with E-state index in [1.54, 1.807) is 18.2 Å². The summed E-state index contributed by atoms with van der Waals surface area (Å²) in [6.45, 7) is 2.02. The van der Waals surface area contributed by atoms with Crippen LogP contribution in [-0.4, -0.2) is 13.1 Å². The van der Waals surface area contributed by atoms with E-state index in [9.17, 15) is 5.26 Å². The van der Waals surface area contributed by atoms with Crippen LogP contribution in [0.3, 0.4) is 0 Å². The zero-order valence-corrected chi connectivity index (χ0v) is 14.2. The Morgan fingerprint density at radius 3 is 2.77 bits per heavy atom. The number of anilines is 1. The summed E-state index contributed by atoms with van der Waals surface area (Å²) < 4.78 is 6.82. The van der Waals surface area contributed by atoms with E-state index in [1.807, 2.05) is 18.2 Å². The second-order valence-electron chi connectivity index (χ2n) is 5.18. The van der Waals surface area contributed by atoms with E-state index in [-0.39, 0.29) is 0 Å². The summed E-state index contributed by atoms with van der Waals surface area (Å²) in [5.41, 5.74) is 1.31. The predicted molar refractivity (Wildman–Crippen MR) is 92.8 cm³/mol. The Hall–Kier alpha value is -1.70. The molecular formula is C17H14BrClN2O. The highest BCUT2D eigenvalue weighted by atomic mass is 79.9. The fourth-order valence-electron chi connectivity index (χ4n) is 2.56. The summed E-state index contributed by atoms with van der Waals surface area (Å²) in [6.07, 6.45) is 4.12. The molecule has 1 saturated heterocycles. The number of furan rings is 1. The molecule has 0 bridgehead atoms. The molecule has 0 N–H and O–H groups in total. The Labute approximate surface area is 142 Å². The summed E-state index contributed by atoms with van der Waals surface area (Å²) in [5, 5.41) is 10.0. The standard InChI is InChI=1S/C17H14BrClN2O/c18-16-10-15(22-17(16)21-6-1-2-7-21)9-13(11-20)12-4-3-5-14(19)8-12/h3-5,8-10H,1-2,6-7H2/b13-9-. The zero-order valence-electron chi connectivity index (χ0n) is 11.9. The number of nitrogens with zero attached hydrogens (tertiary/aromatic N) is 2. The van der Waals surface area contributed by atoms with E-state index in [0.29, 0.717) is 16.4 Å². The maximum absolute atomic E-state index is 9.39. The van der Waals surface area contributed by atoms with Gasteiger partial charge in [0.25, 0.3) is 0 Å². The highest BCUT2D eigenvalue weighted by molar-refractivity contribution is 9.10. The van der Waals surface area contributed by atoms with Gasteiger partial charge in [-0.15, -0.1) is 0 Å². The first-order valence-electron chi connectivity index (χ1n) is 7.09. The molecule has 0 atom stereocenters. The molecule has 0 unspecified atom stereocenters. The average Bonchev–Trinajstić information content (AvgIpc) is 3.14. The van der Waals surface area contributed by atoms with Gasteiger partial charge >= 0.3 is 0 Å². The van der Waals surface area contributed by atoms with Gasteiger partial charge in [-0.05, 0) is 52.5 Å². The summed E-state index contributed by atoms with van der Waals surface area (Å²) in [5.74, 6) is 1.50. The van der Waals surface area contributed by atoms with E-state index >= 15 is 0 Å². The van der Waals surface area contributed by atoms with Crippen LogP contribution in [0.1, 0.15) is 24.2 Å². The van der Waals surface area contributed by atoms with E-state index in [0.717, 1.165) is 29.0 Å². The van der Waals surface area contributed by atoms with E-state index in [1.165, 1.54) is 12.8 Å². The average molecular weight is 378 g/mol. The highest BCUT2D eigenvalue weighted by Gasteiger charge is 2.19. The molecule has 3 nitrogen and oxygen atoms in total. The SMILES string of the molecule is N#C/C(=C/c1cc(Br)c(N2CCCC2)o1)c1cccc(Cl)c1. The minimum atomic E-state index is 0.525. The van der Waals surface area contributed by atoms with Crippen molar-refractivity contribution in [2.45, 2.75) is 12.8 Å². The van der Waals surface area contributed by atoms with Gasteiger partial charge in [-0.25, -0.2) is 0 Å². The topological polar surface area (TPSA) is 40.2 Å². The van der Waals surface area contributed by atoms with Gasteiger partial charge in [0.15, 0.2) is 0 Å². The molecule has 0 radical (unpaired) electrons. The molecule has 0 amide bonds. The highest BCUT2D eigenvalue weighted by Crippen LogP contribution is 2.34. The maximum atomic E-state index is 9.39. The summed E-state index contributed by atoms with van der Waals surface area (Å²) in [4.78, 5) is 2.22. The van der Waals surface area contributed by atoms with Crippen LogP contribution in [0.25, 0.3) is 11.6 Å². The number of benzene rings is 1. The van der Waals surface area contributed by atoms with Crippen molar-refractivity contribution in [3.05, 3.63) is 51.2 Å². The van der Waals surface area contributed by atoms with Crippen molar-refractivity contribution >= 4 is 45.1 Å². The molecule has 0 saturated carbocycles. The van der Waals surface area contributed by atoms with E-state index in [4.69, 9.17) is 16.0 Å². The lowest BCUT2D eigenvalue weighted by atomic mass is 10.1. The van der Waals surface area contributed by atoms with Crippen LogP contribution in [0.2, 0.25) is 5.02 Å². The third-order valence-electron chi connectivity index (χ3n) is 3.62. The Kier molecular flexibility index (Phi) is 4.56. The van der Waals surface area contributed by atoms with Gasteiger partial charge < -0.3 is 9.32 Å². The molecule has 1 aliphatic heterocycles. The smallest absolute Gasteiger partial charge is 0.210 e. The zero-order chi connectivity index (χ0) is 15.5. The fraction of sp³-hybridized carbons (Fsp3) is 0.235. The quantitative estimate of drug-likeness (QED) is 0.676. The monoisotopic (exact) mass is 376 g/mol. The van der Waals surface area contributed by atoms with Crippen LogP contribution >= 0.6 is 27.5 Å². The van der Waals surface area contributed by atoms with Gasteiger partial charge in [0, 0.05) is 24.2 Å². The molecule has 22 heavy (non-hydrogen) atoms. The first-order chi connectivity index (χ1) is 10.7. The maximum Gasteiger partial charge on any atom is 0.210 e. The Balaban J connectivity index is 1.93. The van der Waals surface area contributed by atoms with Gasteiger partial charge in [-0.2, -0.15) is 5.26 Å². The molecular weight excluding hydrogens is 364 g/mol. The molecule has 1 aromatic heterocycles. The van der Waals surface area contributed by atoms with Crippen molar-refractivity contribution in [3.63, 3.8) is 0 Å². The molecule has 5 heteroatoms. The minimum absolute atomic E-state index is 0.525. The van der Waals surface area contributed by atoms with Gasteiger partial charge in [0.1, 0.15) is 5.76 Å². The van der Waals surface area contributed by atoms with Crippen molar-refractivity contribution in [2.24, 2.45) is 0 Å². The summed E-state index contributed by atoms with van der Waals surface area (Å²) in [6, 6.07) is 11.4. The molecule has 0 spiro atoms. The van der Waals surface area contributed by atoms with Crippen molar-refractivity contribution in [1.82, 2.24) is 0 Å². The molecule has 112 valence electrons. The summed E-state index contributed by atoms with van der Waals surface area (Å²) in [7, 11) is 0. The molecule has 2 heterocycles. The first kappa shape index (κ1) is 15.2. The van der Waals surface area contributed by atoms with Crippen LogP contribution in [0.5, 0.6) is 0 Å². The molecule has 1 aromatic carbocycles. The lowest BCUT2D eigenvalue weighted by Crippen LogP contribution is -2.17. The summed E-state index contributed by atoms with van der Waals surface area (Å²) >= 11 is 9.53. The number of allylic oxidation sites excluding steroid dienone is 1. The van der Waals surface area contributed by atoms with Gasteiger partial charge in [-0.1, -0.05) is 23.7 Å². The lowest BCUT2D eigenvalue weighted by molar-refractivity contribution is 0.546. The molecule has 3 rings (SSSR count). The van der Waals surface area contributed by atoms with Crippen molar-refractivity contribution in [3.8, 4) is 6.07 Å². The second kappa shape index (κ2) is 6.60. The first-order valence-corrected chi connectivity index (χ1v) is 8.26. The molecule has 1 aliphatic rings. The number of nitriles is 1. The van der Waals surface area contributed by atoms with Crippen LogP contribution in [0.4, 0.5) is 5.88 Å². The van der Waals surface area contributed by atoms with Crippen molar-refractivity contribution < 1.29 is 4.42 Å². The Morgan fingerprint density at radius 2 is 2.09 bits per heavy atom. The third kappa shape index (κ3) is 3.21. The largest absolute Gasteiger partial charge is 0.440 e. The second-order valence-corrected chi connectivity index (χ2v) is 6.47.